The number of nitrogens with one attached hydrogen (secondary N) is 1. The Morgan fingerprint density at radius 3 is 2.30 bits per heavy atom. The van der Waals surface area contributed by atoms with Crippen LogP contribution in [0.4, 0.5) is 0 Å². The molecule has 0 aromatic carbocycles. The van der Waals surface area contributed by atoms with Crippen molar-refractivity contribution in [2.45, 2.75) is 53.9 Å². The second-order valence-electron chi connectivity index (χ2n) is 7.70. The quantitative estimate of drug-likeness (QED) is 0.811. The van der Waals surface area contributed by atoms with E-state index in [1.54, 1.807) is 0 Å². The molecule has 0 spiro atoms. The van der Waals surface area contributed by atoms with Gasteiger partial charge in [0.05, 0.1) is 6.26 Å². The number of rotatable bonds is 4. The Kier molecular flexibility index (Phi) is 4.68. The van der Waals surface area contributed by atoms with Crippen LogP contribution in [0.3, 0.4) is 0 Å². The van der Waals surface area contributed by atoms with Crippen LogP contribution in [-0.2, 0) is 10.0 Å². The Balaban J connectivity index is 2.88. The van der Waals surface area contributed by atoms with Gasteiger partial charge in [-0.2, -0.15) is 0 Å². The number of terminal acetylenes is 1. The van der Waals surface area contributed by atoms with E-state index in [1.165, 1.54) is 6.26 Å². The second-order valence-corrected chi connectivity index (χ2v) is 9.54. The fourth-order valence-electron chi connectivity index (χ4n) is 3.14. The van der Waals surface area contributed by atoms with Gasteiger partial charge in [0, 0.05) is 12.0 Å². The molecule has 116 valence electrons. The van der Waals surface area contributed by atoms with Crippen molar-refractivity contribution in [2.24, 2.45) is 22.2 Å². The van der Waals surface area contributed by atoms with Gasteiger partial charge in [-0.1, -0.05) is 33.6 Å². The predicted molar refractivity (Wildman–Crippen MR) is 84.7 cm³/mol. The molecule has 1 N–H and O–H groups in total. The van der Waals surface area contributed by atoms with Crippen LogP contribution in [0.1, 0.15) is 53.9 Å². The number of hydrogen-bond acceptors (Lipinski definition) is 2. The molecule has 4 heteroatoms. The van der Waals surface area contributed by atoms with Gasteiger partial charge in [0.25, 0.3) is 0 Å². The molecule has 0 aromatic rings. The van der Waals surface area contributed by atoms with Crippen LogP contribution >= 0.6 is 0 Å². The molecule has 1 rings (SSSR count). The molecule has 0 aliphatic heterocycles. The molecule has 20 heavy (non-hydrogen) atoms. The van der Waals surface area contributed by atoms with Gasteiger partial charge in [-0.3, -0.25) is 0 Å². The monoisotopic (exact) mass is 299 g/mol. The molecule has 0 radical (unpaired) electrons. The summed E-state index contributed by atoms with van der Waals surface area (Å²) in [4.78, 5) is 0. The van der Waals surface area contributed by atoms with Crippen molar-refractivity contribution in [1.82, 2.24) is 4.72 Å². The van der Waals surface area contributed by atoms with Gasteiger partial charge < -0.3 is 0 Å². The van der Waals surface area contributed by atoms with E-state index in [-0.39, 0.29) is 16.2 Å². The average Bonchev–Trinajstić information content (AvgIpc) is 2.31. The third kappa shape index (κ3) is 3.56. The van der Waals surface area contributed by atoms with Crippen molar-refractivity contribution < 1.29 is 8.42 Å². The summed E-state index contributed by atoms with van der Waals surface area (Å²) in [5.74, 6) is 3.41. The van der Waals surface area contributed by atoms with E-state index in [1.807, 2.05) is 0 Å². The maximum atomic E-state index is 11.3. The van der Waals surface area contributed by atoms with E-state index >= 15 is 0 Å². The van der Waals surface area contributed by atoms with Gasteiger partial charge in [0.15, 0.2) is 0 Å². The maximum Gasteiger partial charge on any atom is 0.208 e. The predicted octanol–water partition coefficient (Wildman–Crippen LogP) is 3.03. The summed E-state index contributed by atoms with van der Waals surface area (Å²) in [6.07, 6.45) is 9.99. The fourth-order valence-corrected chi connectivity index (χ4v) is 3.76. The zero-order valence-corrected chi connectivity index (χ0v) is 14.5. The van der Waals surface area contributed by atoms with Crippen LogP contribution in [0.15, 0.2) is 0 Å². The van der Waals surface area contributed by atoms with Gasteiger partial charge >= 0.3 is 0 Å². The van der Waals surface area contributed by atoms with Crippen LogP contribution in [0, 0.1) is 34.5 Å². The summed E-state index contributed by atoms with van der Waals surface area (Å²) in [6, 6.07) is 0. The van der Waals surface area contributed by atoms with Gasteiger partial charge in [-0.25, -0.2) is 13.1 Å². The van der Waals surface area contributed by atoms with E-state index in [0.29, 0.717) is 12.5 Å². The highest BCUT2D eigenvalue weighted by atomic mass is 32.2. The number of sulfonamides is 1. The first-order valence-corrected chi connectivity index (χ1v) is 9.17. The van der Waals surface area contributed by atoms with Crippen molar-refractivity contribution in [2.75, 3.05) is 12.8 Å². The molecule has 1 aliphatic carbocycles. The van der Waals surface area contributed by atoms with Crippen molar-refractivity contribution in [1.29, 1.82) is 0 Å². The molecular weight excluding hydrogens is 270 g/mol. The summed E-state index contributed by atoms with van der Waals surface area (Å²) < 4.78 is 25.3. The minimum Gasteiger partial charge on any atom is -0.215 e. The lowest BCUT2D eigenvalue weighted by molar-refractivity contribution is -0.0119. The van der Waals surface area contributed by atoms with Crippen molar-refractivity contribution >= 4 is 10.0 Å². The van der Waals surface area contributed by atoms with Crippen molar-refractivity contribution in [3.63, 3.8) is 0 Å². The first-order chi connectivity index (χ1) is 8.85. The summed E-state index contributed by atoms with van der Waals surface area (Å²) >= 11 is 0. The summed E-state index contributed by atoms with van der Waals surface area (Å²) in [7, 11) is -3.15. The Morgan fingerprint density at radius 1 is 1.35 bits per heavy atom. The Morgan fingerprint density at radius 2 is 1.90 bits per heavy atom. The van der Waals surface area contributed by atoms with E-state index in [2.05, 4.69) is 45.3 Å². The highest BCUT2D eigenvalue weighted by molar-refractivity contribution is 7.88. The van der Waals surface area contributed by atoms with Crippen molar-refractivity contribution in [3.8, 4) is 12.3 Å². The van der Waals surface area contributed by atoms with Gasteiger partial charge in [0.1, 0.15) is 0 Å². The Hall–Kier alpha value is -0.530. The lowest BCUT2D eigenvalue weighted by Gasteiger charge is -2.53. The molecule has 1 saturated carbocycles. The van der Waals surface area contributed by atoms with Gasteiger partial charge in [-0.05, 0) is 42.9 Å². The lowest BCUT2D eigenvalue weighted by atomic mass is 9.52. The Bertz CT molecular complexity index is 503. The fraction of sp³-hybridized carbons (Fsp3) is 0.875. The van der Waals surface area contributed by atoms with E-state index < -0.39 is 10.0 Å². The zero-order valence-electron chi connectivity index (χ0n) is 13.7. The third-order valence-electron chi connectivity index (χ3n) is 5.78. The highest BCUT2D eigenvalue weighted by Crippen LogP contribution is 2.55. The standard InChI is InChI=1S/C16H29NO2S/c1-8-15(5)9-10-16(6,11-13(15)2)14(3,4)12-17-20(7,18)19/h1,13,17H,9-12H2,2-7H3/t13-,15?,16?/m1/s1. The highest BCUT2D eigenvalue weighted by Gasteiger charge is 2.48. The van der Waals surface area contributed by atoms with Crippen LogP contribution < -0.4 is 4.72 Å². The van der Waals surface area contributed by atoms with Gasteiger partial charge in [-0.15, -0.1) is 6.42 Å². The third-order valence-corrected chi connectivity index (χ3v) is 6.45. The minimum atomic E-state index is -3.15. The minimum absolute atomic E-state index is 0.0279. The topological polar surface area (TPSA) is 46.2 Å². The average molecular weight is 299 g/mol. The lowest BCUT2D eigenvalue weighted by Crippen LogP contribution is -2.49. The molecular formula is C16H29NO2S. The first-order valence-electron chi connectivity index (χ1n) is 7.28. The van der Waals surface area contributed by atoms with Crippen LogP contribution in [0.2, 0.25) is 0 Å². The molecule has 0 bridgehead atoms. The summed E-state index contributed by atoms with van der Waals surface area (Å²) in [5, 5.41) is 0. The molecule has 1 fully saturated rings. The molecule has 0 amide bonds. The van der Waals surface area contributed by atoms with E-state index in [9.17, 15) is 8.42 Å². The molecule has 0 aromatic heterocycles. The van der Waals surface area contributed by atoms with Crippen LogP contribution in [0.5, 0.6) is 0 Å². The first kappa shape index (κ1) is 17.5. The molecule has 1 aliphatic rings. The zero-order chi connectivity index (χ0) is 15.8. The SMILES string of the molecule is C#CC1(C)CCC(C)(C(C)(C)CNS(C)(=O)=O)C[C@H]1C. The van der Waals surface area contributed by atoms with Crippen molar-refractivity contribution in [3.05, 3.63) is 0 Å². The Labute approximate surface area is 125 Å². The molecule has 3 nitrogen and oxygen atoms in total. The van der Waals surface area contributed by atoms with Crippen LogP contribution in [0.25, 0.3) is 0 Å². The van der Waals surface area contributed by atoms with Crippen LogP contribution in [-0.4, -0.2) is 21.2 Å². The molecule has 3 atom stereocenters. The second kappa shape index (κ2) is 5.35. The van der Waals surface area contributed by atoms with E-state index in [0.717, 1.165) is 19.3 Å². The maximum absolute atomic E-state index is 11.3. The number of hydrogen-bond donors (Lipinski definition) is 1. The summed E-state index contributed by atoms with van der Waals surface area (Å²) in [6.45, 7) is 11.4. The normalized spacial score (nSPS) is 35.5. The summed E-state index contributed by atoms with van der Waals surface area (Å²) in [5.41, 5.74) is -0.0272. The van der Waals surface area contributed by atoms with Gasteiger partial charge in [0.2, 0.25) is 10.0 Å². The largest absolute Gasteiger partial charge is 0.215 e. The smallest absolute Gasteiger partial charge is 0.208 e. The molecule has 2 unspecified atom stereocenters. The molecule has 0 heterocycles. The molecule has 0 saturated heterocycles. The van der Waals surface area contributed by atoms with E-state index in [4.69, 9.17) is 6.42 Å².